The molecule has 1 aliphatic heterocycles. The quantitative estimate of drug-likeness (QED) is 0.401. The first kappa shape index (κ1) is 25.4. The highest BCUT2D eigenvalue weighted by Crippen LogP contribution is 2.35. The number of rotatable bonds is 7. The van der Waals surface area contributed by atoms with E-state index in [0.717, 1.165) is 37.2 Å². The van der Waals surface area contributed by atoms with E-state index in [0.29, 0.717) is 41.6 Å². The van der Waals surface area contributed by atoms with Crippen LogP contribution in [0.4, 0.5) is 0 Å². The fraction of sp³-hybridized carbons (Fsp3) is 0.519. The molecular formula is C27H34ClNO4. The topological polar surface area (TPSA) is 59.0 Å². The van der Waals surface area contributed by atoms with Gasteiger partial charge < -0.3 is 19.5 Å². The van der Waals surface area contributed by atoms with Gasteiger partial charge in [-0.3, -0.25) is 0 Å². The average Bonchev–Trinajstić information content (AvgIpc) is 2.78. The van der Waals surface area contributed by atoms with Crippen LogP contribution in [0.3, 0.4) is 0 Å². The van der Waals surface area contributed by atoms with E-state index in [9.17, 15) is 9.90 Å². The van der Waals surface area contributed by atoms with E-state index in [4.69, 9.17) is 21.1 Å². The largest absolute Gasteiger partial charge is 0.478 e. The lowest BCUT2D eigenvalue weighted by atomic mass is 9.91. The van der Waals surface area contributed by atoms with Crippen LogP contribution in [-0.4, -0.2) is 42.8 Å². The van der Waals surface area contributed by atoms with Crippen LogP contribution in [0.1, 0.15) is 58.2 Å². The molecule has 2 aliphatic rings. The summed E-state index contributed by atoms with van der Waals surface area (Å²) in [5.41, 5.74) is 2.83. The molecule has 1 unspecified atom stereocenters. The summed E-state index contributed by atoms with van der Waals surface area (Å²) in [7, 11) is 1.66. The molecule has 1 aromatic carbocycles. The second-order valence-electron chi connectivity index (χ2n) is 9.69. The number of carboxylic acids is 1. The van der Waals surface area contributed by atoms with Crippen LogP contribution in [0.2, 0.25) is 5.02 Å². The summed E-state index contributed by atoms with van der Waals surface area (Å²) in [6, 6.07) is 7.53. The molecule has 0 aromatic heterocycles. The van der Waals surface area contributed by atoms with Crippen LogP contribution >= 0.6 is 11.6 Å². The molecule has 1 fully saturated rings. The Morgan fingerprint density at radius 1 is 1.24 bits per heavy atom. The van der Waals surface area contributed by atoms with Crippen molar-refractivity contribution in [1.82, 2.24) is 4.90 Å². The number of halogens is 1. The molecule has 1 saturated heterocycles. The third kappa shape index (κ3) is 7.11. The summed E-state index contributed by atoms with van der Waals surface area (Å²) < 4.78 is 11.5. The molecule has 33 heavy (non-hydrogen) atoms. The van der Waals surface area contributed by atoms with Crippen LogP contribution in [0.15, 0.2) is 47.2 Å². The fourth-order valence-corrected chi connectivity index (χ4v) is 4.28. The molecule has 178 valence electrons. The third-order valence-electron chi connectivity index (χ3n) is 5.89. The van der Waals surface area contributed by atoms with Crippen molar-refractivity contribution in [3.8, 4) is 11.8 Å². The molecule has 0 spiro atoms. The molecule has 1 aliphatic carbocycles. The van der Waals surface area contributed by atoms with Gasteiger partial charge in [-0.25, -0.2) is 4.79 Å². The highest BCUT2D eigenvalue weighted by molar-refractivity contribution is 6.30. The van der Waals surface area contributed by atoms with E-state index < -0.39 is 12.2 Å². The second kappa shape index (κ2) is 11.2. The predicted molar refractivity (Wildman–Crippen MR) is 131 cm³/mol. The van der Waals surface area contributed by atoms with Crippen molar-refractivity contribution in [2.45, 2.75) is 52.7 Å². The maximum Gasteiger partial charge on any atom is 0.333 e. The number of hydrogen-bond donors (Lipinski definition) is 1. The number of aliphatic carboxylic acids is 1. The molecule has 1 heterocycles. The summed E-state index contributed by atoms with van der Waals surface area (Å²) in [6.07, 6.45) is 4.44. The van der Waals surface area contributed by atoms with Gasteiger partial charge in [-0.15, -0.1) is 0 Å². The molecule has 5 nitrogen and oxygen atoms in total. The van der Waals surface area contributed by atoms with Crippen molar-refractivity contribution < 1.29 is 19.4 Å². The summed E-state index contributed by atoms with van der Waals surface area (Å²) in [4.78, 5) is 14.3. The van der Waals surface area contributed by atoms with Crippen LogP contribution in [-0.2, 0) is 14.3 Å². The van der Waals surface area contributed by atoms with Crippen molar-refractivity contribution >= 4 is 17.6 Å². The van der Waals surface area contributed by atoms with Crippen molar-refractivity contribution in [3.05, 3.63) is 57.8 Å². The summed E-state index contributed by atoms with van der Waals surface area (Å²) >= 11 is 6.12. The minimum atomic E-state index is -0.896. The molecule has 1 N–H and O–H groups in total. The van der Waals surface area contributed by atoms with Gasteiger partial charge in [-0.1, -0.05) is 35.6 Å². The molecule has 1 aromatic rings. The van der Waals surface area contributed by atoms with Gasteiger partial charge in [0.05, 0.1) is 11.3 Å². The normalized spacial score (nSPS) is 18.3. The SMILES string of the molecule is COC(c1ccc(Cl)cc1)N(CC1CCOCC1)C1=C(C(=O)O)CCC(C#CC(C)(C)C)=C1. The zero-order chi connectivity index (χ0) is 24.0. The van der Waals surface area contributed by atoms with Gasteiger partial charge in [0.25, 0.3) is 0 Å². The first-order valence-electron chi connectivity index (χ1n) is 11.5. The van der Waals surface area contributed by atoms with Crippen molar-refractivity contribution in [2.24, 2.45) is 11.3 Å². The Labute approximate surface area is 202 Å². The highest BCUT2D eigenvalue weighted by atomic mass is 35.5. The van der Waals surface area contributed by atoms with Gasteiger partial charge >= 0.3 is 5.97 Å². The van der Waals surface area contributed by atoms with Gasteiger partial charge in [-0.2, -0.15) is 0 Å². The number of benzene rings is 1. The van der Waals surface area contributed by atoms with Crippen molar-refractivity contribution in [2.75, 3.05) is 26.9 Å². The van der Waals surface area contributed by atoms with Crippen LogP contribution < -0.4 is 0 Å². The Kier molecular flexibility index (Phi) is 8.64. The lowest BCUT2D eigenvalue weighted by molar-refractivity contribution is -0.133. The van der Waals surface area contributed by atoms with E-state index in [1.54, 1.807) is 7.11 Å². The number of methoxy groups -OCH3 is 1. The number of carboxylic acid groups (broad SMARTS) is 1. The third-order valence-corrected chi connectivity index (χ3v) is 6.14. The van der Waals surface area contributed by atoms with Crippen molar-refractivity contribution in [1.29, 1.82) is 0 Å². The monoisotopic (exact) mass is 471 g/mol. The van der Waals surface area contributed by atoms with Gasteiger partial charge in [0.15, 0.2) is 6.23 Å². The minimum absolute atomic E-state index is 0.127. The first-order valence-corrected chi connectivity index (χ1v) is 11.9. The Hall–Kier alpha value is -2.26. The summed E-state index contributed by atoms with van der Waals surface area (Å²) in [5.74, 6) is 6.07. The van der Waals surface area contributed by atoms with Crippen molar-refractivity contribution in [3.63, 3.8) is 0 Å². The van der Waals surface area contributed by atoms with E-state index in [1.165, 1.54) is 0 Å². The summed E-state index contributed by atoms with van der Waals surface area (Å²) in [6.45, 7) is 8.33. The number of nitrogens with zero attached hydrogens (tertiary/aromatic N) is 1. The Balaban J connectivity index is 2.07. The Morgan fingerprint density at radius 2 is 1.91 bits per heavy atom. The molecule has 0 amide bonds. The van der Waals surface area contributed by atoms with Gasteiger partial charge in [0.1, 0.15) is 0 Å². The van der Waals surface area contributed by atoms with E-state index in [2.05, 4.69) is 37.5 Å². The lowest BCUT2D eigenvalue weighted by Gasteiger charge is -2.39. The van der Waals surface area contributed by atoms with Gasteiger partial charge in [-0.05, 0) is 70.6 Å². The Morgan fingerprint density at radius 3 is 2.48 bits per heavy atom. The minimum Gasteiger partial charge on any atom is -0.478 e. The smallest absolute Gasteiger partial charge is 0.333 e. The maximum absolute atomic E-state index is 12.2. The zero-order valence-corrected chi connectivity index (χ0v) is 20.7. The second-order valence-corrected chi connectivity index (χ2v) is 10.1. The number of hydrogen-bond acceptors (Lipinski definition) is 4. The molecule has 6 heteroatoms. The summed E-state index contributed by atoms with van der Waals surface area (Å²) in [5, 5.41) is 10.7. The number of ether oxygens (including phenoxy) is 2. The standard InChI is InChI=1S/C27H34ClNO4/c1-27(2,3)14-11-19-5-10-23(26(30)31)24(17-19)29(18-20-12-15-33-16-13-20)25(32-4)21-6-8-22(28)9-7-21/h6-9,17,20,25H,5,10,12-13,15-16,18H2,1-4H3,(H,30,31). The lowest BCUT2D eigenvalue weighted by Crippen LogP contribution is -2.37. The molecule has 0 radical (unpaired) electrons. The van der Waals surface area contributed by atoms with Crippen LogP contribution in [0, 0.1) is 23.2 Å². The molecular weight excluding hydrogens is 438 g/mol. The maximum atomic E-state index is 12.2. The van der Waals surface area contributed by atoms with Crippen LogP contribution in [0.25, 0.3) is 0 Å². The van der Waals surface area contributed by atoms with Gasteiger partial charge in [0.2, 0.25) is 0 Å². The molecule has 3 rings (SSSR count). The molecule has 0 saturated carbocycles. The van der Waals surface area contributed by atoms with Gasteiger partial charge in [0, 0.05) is 48.4 Å². The number of allylic oxidation sites excluding steroid dienone is 2. The molecule has 0 bridgehead atoms. The number of carbonyl (C=O) groups is 1. The highest BCUT2D eigenvalue weighted by Gasteiger charge is 2.31. The predicted octanol–water partition coefficient (Wildman–Crippen LogP) is 5.82. The fourth-order valence-electron chi connectivity index (χ4n) is 4.15. The molecule has 1 atom stereocenters. The average molecular weight is 472 g/mol. The van der Waals surface area contributed by atoms with E-state index >= 15 is 0 Å². The Bertz CT molecular complexity index is 957. The van der Waals surface area contributed by atoms with E-state index in [1.807, 2.05) is 30.3 Å². The zero-order valence-electron chi connectivity index (χ0n) is 20.0. The van der Waals surface area contributed by atoms with Crippen LogP contribution in [0.5, 0.6) is 0 Å². The van der Waals surface area contributed by atoms with E-state index in [-0.39, 0.29) is 5.41 Å². The first-order chi connectivity index (χ1) is 15.7.